The molecule has 5 aliphatic rings. The largest absolute Gasteiger partial charge is 0.446 e. The van der Waals surface area contributed by atoms with E-state index in [-0.39, 0.29) is 35.2 Å². The van der Waals surface area contributed by atoms with Gasteiger partial charge in [-0.1, -0.05) is 34.1 Å². The van der Waals surface area contributed by atoms with Gasteiger partial charge >= 0.3 is 6.09 Å². The molecule has 0 spiro atoms. The summed E-state index contributed by atoms with van der Waals surface area (Å²) in [6, 6.07) is 0. The van der Waals surface area contributed by atoms with Crippen LogP contribution in [0.15, 0.2) is 0 Å². The highest BCUT2D eigenvalue weighted by Crippen LogP contribution is 2.69. The molecule has 0 heterocycles. The van der Waals surface area contributed by atoms with Crippen LogP contribution in [0.1, 0.15) is 105 Å². The van der Waals surface area contributed by atoms with E-state index in [1.165, 1.54) is 32.1 Å². The Balaban J connectivity index is 1.26. The molecule has 0 saturated heterocycles. The van der Waals surface area contributed by atoms with Crippen molar-refractivity contribution in [3.05, 3.63) is 0 Å². The molecule has 200 valence electrons. The lowest BCUT2D eigenvalue weighted by Gasteiger charge is -2.64. The molecule has 0 aromatic heterocycles. The van der Waals surface area contributed by atoms with Gasteiger partial charge in [0, 0.05) is 6.54 Å². The molecule has 0 aromatic rings. The van der Waals surface area contributed by atoms with Crippen LogP contribution in [0, 0.1) is 52.3 Å². The number of aliphatic hydroxyl groups is 2. The van der Waals surface area contributed by atoms with Crippen LogP contribution < -0.4 is 5.32 Å². The molecule has 5 aliphatic carbocycles. The first-order valence-electron chi connectivity index (χ1n) is 15.0. The van der Waals surface area contributed by atoms with E-state index < -0.39 is 0 Å². The van der Waals surface area contributed by atoms with Crippen molar-refractivity contribution in [3.8, 4) is 0 Å². The molecule has 0 radical (unpaired) electrons. The molecule has 5 fully saturated rings. The number of hydrogen-bond acceptors (Lipinski definition) is 4. The van der Waals surface area contributed by atoms with Gasteiger partial charge in [-0.15, -0.1) is 0 Å². The second-order valence-electron chi connectivity index (χ2n) is 13.8. The maximum atomic E-state index is 12.1. The van der Waals surface area contributed by atoms with Crippen molar-refractivity contribution in [2.45, 2.75) is 123 Å². The quantitative estimate of drug-likeness (QED) is 0.433. The second kappa shape index (κ2) is 9.82. The molecule has 1 amide bonds. The third-order valence-electron chi connectivity index (χ3n) is 12.3. The maximum Gasteiger partial charge on any atom is 0.407 e. The van der Waals surface area contributed by atoms with Crippen molar-refractivity contribution >= 4 is 6.09 Å². The lowest BCUT2D eigenvalue weighted by atomic mass is 9.41. The van der Waals surface area contributed by atoms with E-state index in [0.29, 0.717) is 48.0 Å². The van der Waals surface area contributed by atoms with E-state index in [9.17, 15) is 15.0 Å². The van der Waals surface area contributed by atoms with E-state index in [4.69, 9.17) is 4.74 Å². The van der Waals surface area contributed by atoms with E-state index >= 15 is 0 Å². The number of amides is 1. The fourth-order valence-electron chi connectivity index (χ4n) is 10.2. The third-order valence-corrected chi connectivity index (χ3v) is 12.3. The van der Waals surface area contributed by atoms with Gasteiger partial charge in [-0.05, 0) is 123 Å². The Morgan fingerprint density at radius 1 is 1.00 bits per heavy atom. The van der Waals surface area contributed by atoms with Crippen LogP contribution in [0.25, 0.3) is 0 Å². The highest BCUT2D eigenvalue weighted by molar-refractivity contribution is 5.67. The highest BCUT2D eigenvalue weighted by Gasteiger charge is 2.64. The van der Waals surface area contributed by atoms with Gasteiger partial charge in [0.05, 0.1) is 12.2 Å². The van der Waals surface area contributed by atoms with Gasteiger partial charge in [0.1, 0.15) is 6.10 Å². The van der Waals surface area contributed by atoms with E-state index in [1.807, 2.05) is 0 Å². The van der Waals surface area contributed by atoms with Crippen LogP contribution in [-0.4, -0.2) is 41.2 Å². The SMILES string of the molecule is CC[C@H]1[C@@H](O)[C@@H]2[C@H](CC[C@]3(C)[C@@H]([C@H](C)CCNC(=O)OC4CCC4)CC[C@@H]23)[C@@]2(C)CC[C@@H](O)C[C@@H]12. The Bertz CT molecular complexity index is 769. The summed E-state index contributed by atoms with van der Waals surface area (Å²) >= 11 is 0. The minimum atomic E-state index is -0.241. The van der Waals surface area contributed by atoms with Gasteiger partial charge < -0.3 is 20.3 Å². The molecule has 5 heteroatoms. The van der Waals surface area contributed by atoms with Gasteiger partial charge in [-0.3, -0.25) is 0 Å². The van der Waals surface area contributed by atoms with Gasteiger partial charge in [-0.25, -0.2) is 4.79 Å². The van der Waals surface area contributed by atoms with Gasteiger partial charge in [0.25, 0.3) is 0 Å². The molecule has 0 unspecified atom stereocenters. The van der Waals surface area contributed by atoms with Crippen molar-refractivity contribution in [3.63, 3.8) is 0 Å². The zero-order chi connectivity index (χ0) is 25.0. The fraction of sp³-hybridized carbons (Fsp3) is 0.967. The summed E-state index contributed by atoms with van der Waals surface area (Å²) in [7, 11) is 0. The van der Waals surface area contributed by atoms with Gasteiger partial charge in [0.2, 0.25) is 0 Å². The van der Waals surface area contributed by atoms with E-state index in [2.05, 4.69) is 33.0 Å². The zero-order valence-corrected chi connectivity index (χ0v) is 22.7. The van der Waals surface area contributed by atoms with Crippen molar-refractivity contribution < 1.29 is 19.7 Å². The average Bonchev–Trinajstić information content (AvgIpc) is 3.15. The second-order valence-corrected chi connectivity index (χ2v) is 13.8. The minimum absolute atomic E-state index is 0.139. The first-order valence-corrected chi connectivity index (χ1v) is 15.0. The topological polar surface area (TPSA) is 78.8 Å². The molecule has 3 N–H and O–H groups in total. The number of carbonyl (C=O) groups excluding carboxylic acids is 1. The number of nitrogens with one attached hydrogen (secondary N) is 1. The summed E-state index contributed by atoms with van der Waals surface area (Å²) in [5.74, 6) is 3.58. The molecular formula is C30H51NO4. The Hall–Kier alpha value is -0.810. The molecule has 5 rings (SSSR count). The van der Waals surface area contributed by atoms with Crippen LogP contribution >= 0.6 is 0 Å². The predicted octanol–water partition coefficient (Wildman–Crippen LogP) is 5.92. The maximum absolute atomic E-state index is 12.1. The predicted molar refractivity (Wildman–Crippen MR) is 138 cm³/mol. The highest BCUT2D eigenvalue weighted by atomic mass is 16.6. The monoisotopic (exact) mass is 489 g/mol. The van der Waals surface area contributed by atoms with Crippen LogP contribution in [0.3, 0.4) is 0 Å². The van der Waals surface area contributed by atoms with Gasteiger partial charge in [-0.2, -0.15) is 0 Å². The van der Waals surface area contributed by atoms with E-state index in [0.717, 1.165) is 44.9 Å². The molecule has 0 aromatic carbocycles. The van der Waals surface area contributed by atoms with Crippen molar-refractivity contribution in [1.82, 2.24) is 5.32 Å². The lowest BCUT2D eigenvalue weighted by molar-refractivity contribution is -0.203. The standard InChI is InChI=1S/C30H51NO4/c1-5-21-25-17-19(32)11-14-30(25,4)24-12-15-29(3)22(9-10-23(29)26(24)27(21)33)18(2)13-16-31-28(34)35-20-7-6-8-20/h18-27,32-33H,5-17H2,1-4H3,(H,31,34)/t18-,19-,21-,22-,23+,24+,25+,26+,27-,29-,30-/m1/s1. The zero-order valence-electron chi connectivity index (χ0n) is 22.7. The Morgan fingerprint density at radius 3 is 2.40 bits per heavy atom. The summed E-state index contributed by atoms with van der Waals surface area (Å²) < 4.78 is 5.46. The summed E-state index contributed by atoms with van der Waals surface area (Å²) in [6.45, 7) is 10.4. The molecule has 5 saturated carbocycles. The third kappa shape index (κ3) is 4.35. The van der Waals surface area contributed by atoms with Gasteiger partial charge in [0.15, 0.2) is 0 Å². The number of hydrogen-bond donors (Lipinski definition) is 3. The Labute approximate surface area is 213 Å². The molecule has 0 aliphatic heterocycles. The normalized spacial score (nSPS) is 48.2. The molecule has 35 heavy (non-hydrogen) atoms. The van der Waals surface area contributed by atoms with Crippen molar-refractivity contribution in [1.29, 1.82) is 0 Å². The summed E-state index contributed by atoms with van der Waals surface area (Å²) in [5, 5.41) is 25.3. The number of ether oxygens (including phenoxy) is 1. The Kier molecular flexibility index (Phi) is 7.24. The molecule has 0 bridgehead atoms. The Morgan fingerprint density at radius 2 is 1.71 bits per heavy atom. The van der Waals surface area contributed by atoms with E-state index in [1.54, 1.807) is 0 Å². The molecular weight excluding hydrogens is 438 g/mol. The lowest BCUT2D eigenvalue weighted by Crippen LogP contribution is -2.62. The smallest absolute Gasteiger partial charge is 0.407 e. The van der Waals surface area contributed by atoms with Crippen LogP contribution in [0.2, 0.25) is 0 Å². The minimum Gasteiger partial charge on any atom is -0.446 e. The molecule has 5 nitrogen and oxygen atoms in total. The number of fused-ring (bicyclic) bond motifs is 5. The fourth-order valence-corrected chi connectivity index (χ4v) is 10.2. The first-order chi connectivity index (χ1) is 16.7. The number of alkyl carbamates (subject to hydrolysis) is 1. The number of carbonyl (C=O) groups is 1. The summed E-state index contributed by atoms with van der Waals surface area (Å²) in [5.41, 5.74) is 0.545. The number of rotatable bonds is 6. The number of aliphatic hydroxyl groups excluding tert-OH is 2. The van der Waals surface area contributed by atoms with Crippen LogP contribution in [0.4, 0.5) is 4.79 Å². The molecule has 11 atom stereocenters. The van der Waals surface area contributed by atoms with Crippen molar-refractivity contribution in [2.24, 2.45) is 52.3 Å². The van der Waals surface area contributed by atoms with Crippen molar-refractivity contribution in [2.75, 3.05) is 6.54 Å². The first kappa shape index (κ1) is 25.8. The summed E-state index contributed by atoms with van der Waals surface area (Å²) in [6.07, 6.45) is 12.6. The summed E-state index contributed by atoms with van der Waals surface area (Å²) in [4.78, 5) is 12.1. The van der Waals surface area contributed by atoms with Crippen LogP contribution in [0.5, 0.6) is 0 Å². The van der Waals surface area contributed by atoms with Crippen LogP contribution in [-0.2, 0) is 4.74 Å². The average molecular weight is 490 g/mol.